The van der Waals surface area contributed by atoms with Crippen LogP contribution in [-0.4, -0.2) is 71.2 Å². The van der Waals surface area contributed by atoms with E-state index in [1.165, 1.54) is 0 Å². The first-order chi connectivity index (χ1) is 19.1. The van der Waals surface area contributed by atoms with Crippen molar-refractivity contribution in [1.82, 2.24) is 14.9 Å². The molecule has 4 aromatic rings. The predicted octanol–water partition coefficient (Wildman–Crippen LogP) is 5.17. The molecule has 1 aliphatic rings. The van der Waals surface area contributed by atoms with Gasteiger partial charge in [-0.2, -0.15) is 0 Å². The van der Waals surface area contributed by atoms with Crippen LogP contribution >= 0.6 is 19.4 Å². The number of hydrogen-bond donors (Lipinski definition) is 3. The third-order valence-electron chi connectivity index (χ3n) is 6.96. The summed E-state index contributed by atoms with van der Waals surface area (Å²) in [5.74, 6) is 0.627. The molecule has 214 valence electrons. The average molecular weight is 608 g/mol. The van der Waals surface area contributed by atoms with Gasteiger partial charge in [-0.1, -0.05) is 30.7 Å². The Morgan fingerprint density at radius 1 is 1.15 bits per heavy atom. The summed E-state index contributed by atoms with van der Waals surface area (Å²) in [6.07, 6.45) is 3.65. The van der Waals surface area contributed by atoms with E-state index < -0.39 is 17.7 Å². The molecular formula is C27H31ClN3O7PS. The summed E-state index contributed by atoms with van der Waals surface area (Å²) in [5.41, 5.74) is 2.99. The maximum Gasteiger partial charge on any atom is 0.469 e. The van der Waals surface area contributed by atoms with Crippen molar-refractivity contribution >= 4 is 51.2 Å². The number of fused-ring (bicyclic) bond motifs is 3. The van der Waals surface area contributed by atoms with Crippen LogP contribution in [0.4, 0.5) is 0 Å². The summed E-state index contributed by atoms with van der Waals surface area (Å²) < 4.78 is 47.5. The van der Waals surface area contributed by atoms with Crippen molar-refractivity contribution in [3.8, 4) is 16.9 Å². The number of pyridine rings is 1. The second-order valence-corrected chi connectivity index (χ2v) is 13.7. The Balaban J connectivity index is 1.40. The molecule has 2 heterocycles. The van der Waals surface area contributed by atoms with Crippen LogP contribution in [0.5, 0.6) is 5.75 Å². The van der Waals surface area contributed by atoms with Gasteiger partial charge in [0.25, 0.3) is 0 Å². The molecule has 0 radical (unpaired) electrons. The van der Waals surface area contributed by atoms with Gasteiger partial charge in [0.2, 0.25) is 0 Å². The molecule has 0 atom stereocenters. The lowest BCUT2D eigenvalue weighted by molar-refractivity contribution is 0.159. The van der Waals surface area contributed by atoms with Gasteiger partial charge in [0.05, 0.1) is 33.9 Å². The molecule has 0 amide bonds. The standard InChI is InChI=1S/C27H31ClN3O7PS/c1-2-31(12-14-38-39(32,33)34)11-4-13-37-24-10-9-22(25-23-16-19(28)17-29-27(23)30-26(24)25)18-5-3-6-21(15-18)40(35,36)20-7-8-20/h3,5-6,9-10,15-17,20H,2,4,7-8,11-14H2,1H3,(H,29,30)(H2,32,33,34). The Morgan fingerprint density at radius 3 is 2.67 bits per heavy atom. The molecule has 40 heavy (non-hydrogen) atoms. The van der Waals surface area contributed by atoms with Crippen molar-refractivity contribution in [2.75, 3.05) is 32.8 Å². The van der Waals surface area contributed by atoms with E-state index >= 15 is 0 Å². The number of hydrogen-bond acceptors (Lipinski definition) is 7. The van der Waals surface area contributed by atoms with E-state index in [0.29, 0.717) is 66.8 Å². The predicted molar refractivity (Wildman–Crippen MR) is 154 cm³/mol. The summed E-state index contributed by atoms with van der Waals surface area (Å²) in [6.45, 7) is 4.07. The number of H-pyrrole nitrogens is 1. The van der Waals surface area contributed by atoms with E-state index in [-0.39, 0.29) is 11.9 Å². The summed E-state index contributed by atoms with van der Waals surface area (Å²) in [6, 6.07) is 12.7. The lowest BCUT2D eigenvalue weighted by Gasteiger charge is -2.20. The number of phosphoric ester groups is 1. The van der Waals surface area contributed by atoms with Crippen LogP contribution in [0.2, 0.25) is 5.02 Å². The topological polar surface area (TPSA) is 142 Å². The summed E-state index contributed by atoms with van der Waals surface area (Å²) in [7, 11) is -7.83. The molecule has 0 saturated heterocycles. The molecule has 10 nitrogen and oxygen atoms in total. The summed E-state index contributed by atoms with van der Waals surface area (Å²) in [4.78, 5) is 27.9. The third kappa shape index (κ3) is 6.52. The zero-order chi connectivity index (χ0) is 28.5. The van der Waals surface area contributed by atoms with Gasteiger partial charge in [-0.05, 0) is 67.3 Å². The van der Waals surface area contributed by atoms with Gasteiger partial charge in [-0.3, -0.25) is 4.52 Å². The van der Waals surface area contributed by atoms with Crippen molar-refractivity contribution < 1.29 is 32.0 Å². The number of phosphoric acid groups is 1. The molecular weight excluding hydrogens is 577 g/mol. The van der Waals surface area contributed by atoms with E-state index in [1.54, 1.807) is 24.4 Å². The van der Waals surface area contributed by atoms with Gasteiger partial charge >= 0.3 is 7.82 Å². The van der Waals surface area contributed by atoms with Crippen molar-refractivity contribution in [1.29, 1.82) is 0 Å². The van der Waals surface area contributed by atoms with Gasteiger partial charge in [-0.25, -0.2) is 18.0 Å². The number of sulfone groups is 1. The Kier molecular flexibility index (Phi) is 8.54. The van der Waals surface area contributed by atoms with Gasteiger partial charge < -0.3 is 24.4 Å². The van der Waals surface area contributed by atoms with Crippen molar-refractivity contribution in [2.24, 2.45) is 0 Å². The van der Waals surface area contributed by atoms with Crippen LogP contribution in [0.15, 0.2) is 53.6 Å². The zero-order valence-electron chi connectivity index (χ0n) is 21.9. The average Bonchev–Trinajstić information content (AvgIpc) is 3.71. The van der Waals surface area contributed by atoms with Crippen LogP contribution in [0, 0.1) is 0 Å². The van der Waals surface area contributed by atoms with Gasteiger partial charge in [0, 0.05) is 30.1 Å². The number of aromatic amines is 1. The number of rotatable bonds is 13. The van der Waals surface area contributed by atoms with Crippen LogP contribution < -0.4 is 4.74 Å². The van der Waals surface area contributed by atoms with Crippen molar-refractivity contribution in [2.45, 2.75) is 36.3 Å². The van der Waals surface area contributed by atoms with E-state index in [4.69, 9.17) is 26.1 Å². The first-order valence-corrected chi connectivity index (χ1v) is 16.5. The van der Waals surface area contributed by atoms with Crippen LogP contribution in [0.3, 0.4) is 0 Å². The number of likely N-dealkylation sites (N-methyl/N-ethyl adjacent to an activating group) is 1. The minimum absolute atomic E-state index is 0.0607. The molecule has 0 aliphatic heterocycles. The SMILES string of the molecule is CCN(CCCOc1ccc(-c2cccc(S(=O)(=O)C3CC3)c2)c2c1[nH]c1ncc(Cl)cc12)CCOP(=O)(O)O. The van der Waals surface area contributed by atoms with E-state index in [9.17, 15) is 13.0 Å². The minimum atomic E-state index is -4.48. The fraction of sp³-hybridized carbons (Fsp3) is 0.370. The normalized spacial score (nSPS) is 14.4. The lowest BCUT2D eigenvalue weighted by Crippen LogP contribution is -2.29. The number of benzene rings is 2. The van der Waals surface area contributed by atoms with Gasteiger partial charge in [0.1, 0.15) is 11.4 Å². The number of nitrogens with zero attached hydrogens (tertiary/aromatic N) is 2. The van der Waals surface area contributed by atoms with Gasteiger partial charge in [0.15, 0.2) is 9.84 Å². The number of ether oxygens (including phenoxy) is 1. The Bertz CT molecular complexity index is 1680. The highest BCUT2D eigenvalue weighted by molar-refractivity contribution is 7.92. The number of halogens is 1. The first kappa shape index (κ1) is 29.0. The zero-order valence-corrected chi connectivity index (χ0v) is 24.4. The van der Waals surface area contributed by atoms with Crippen molar-refractivity contribution in [3.05, 3.63) is 53.7 Å². The Hall–Kier alpha value is -2.50. The largest absolute Gasteiger partial charge is 0.491 e. The third-order valence-corrected chi connectivity index (χ3v) is 9.95. The van der Waals surface area contributed by atoms with E-state index in [2.05, 4.69) is 14.5 Å². The van der Waals surface area contributed by atoms with Gasteiger partial charge in [-0.15, -0.1) is 0 Å². The highest BCUT2D eigenvalue weighted by Crippen LogP contribution is 2.41. The second-order valence-electron chi connectivity index (χ2n) is 9.77. The highest BCUT2D eigenvalue weighted by Gasteiger charge is 2.37. The van der Waals surface area contributed by atoms with E-state index in [1.807, 2.05) is 36.1 Å². The minimum Gasteiger partial charge on any atom is -0.491 e. The maximum absolute atomic E-state index is 12.9. The lowest BCUT2D eigenvalue weighted by atomic mass is 9.99. The fourth-order valence-electron chi connectivity index (χ4n) is 4.79. The van der Waals surface area contributed by atoms with Crippen molar-refractivity contribution in [3.63, 3.8) is 0 Å². The highest BCUT2D eigenvalue weighted by atomic mass is 35.5. The Labute approximate surface area is 237 Å². The molecule has 1 aliphatic carbocycles. The molecule has 0 spiro atoms. The first-order valence-electron chi connectivity index (χ1n) is 13.1. The quantitative estimate of drug-likeness (QED) is 0.138. The van der Waals surface area contributed by atoms with Crippen LogP contribution in [0.1, 0.15) is 26.2 Å². The van der Waals surface area contributed by atoms with E-state index in [0.717, 1.165) is 27.4 Å². The Morgan fingerprint density at radius 2 is 1.95 bits per heavy atom. The molecule has 0 unspecified atom stereocenters. The number of nitrogens with one attached hydrogen (secondary N) is 1. The van der Waals surface area contributed by atoms with Crippen LogP contribution in [-0.2, 0) is 18.9 Å². The maximum atomic E-state index is 12.9. The molecule has 2 aromatic heterocycles. The molecule has 13 heteroatoms. The monoisotopic (exact) mass is 607 g/mol. The molecule has 1 saturated carbocycles. The molecule has 5 rings (SSSR count). The summed E-state index contributed by atoms with van der Waals surface area (Å²) >= 11 is 6.30. The molecule has 3 N–H and O–H groups in total. The number of aromatic nitrogens is 2. The smallest absolute Gasteiger partial charge is 0.469 e. The molecule has 2 aromatic carbocycles. The fourth-order valence-corrected chi connectivity index (χ4v) is 6.97. The van der Waals surface area contributed by atoms with Crippen LogP contribution in [0.25, 0.3) is 33.1 Å². The molecule has 1 fully saturated rings. The summed E-state index contributed by atoms with van der Waals surface area (Å²) in [5, 5.41) is 1.84. The molecule has 0 bridgehead atoms. The second kappa shape index (κ2) is 11.8.